The van der Waals surface area contributed by atoms with E-state index in [2.05, 4.69) is 16.9 Å². The van der Waals surface area contributed by atoms with Gasteiger partial charge in [0.25, 0.3) is 5.91 Å². The molecule has 0 unspecified atom stereocenters. The average Bonchev–Trinajstić information content (AvgIpc) is 2.15. The zero-order valence-corrected chi connectivity index (χ0v) is 7.16. The summed E-state index contributed by atoms with van der Waals surface area (Å²) in [5.41, 5.74) is 6.39. The monoisotopic (exact) mass is 177 g/mol. The highest BCUT2D eigenvalue weighted by Crippen LogP contribution is 2.07. The van der Waals surface area contributed by atoms with Gasteiger partial charge in [-0.15, -0.1) is 6.58 Å². The van der Waals surface area contributed by atoms with E-state index in [9.17, 15) is 4.79 Å². The lowest BCUT2D eigenvalue weighted by Crippen LogP contribution is -2.24. The first-order chi connectivity index (χ1) is 6.25. The van der Waals surface area contributed by atoms with Crippen molar-refractivity contribution < 1.29 is 4.79 Å². The number of carbonyl (C=O) groups is 1. The summed E-state index contributed by atoms with van der Waals surface area (Å²) < 4.78 is 0. The number of nitrogens with zero attached hydrogens (tertiary/aromatic N) is 1. The average molecular weight is 177 g/mol. The van der Waals surface area contributed by atoms with Crippen molar-refractivity contribution in [1.29, 1.82) is 0 Å². The van der Waals surface area contributed by atoms with E-state index < -0.39 is 0 Å². The second kappa shape index (κ2) is 4.25. The van der Waals surface area contributed by atoms with Crippen LogP contribution in [0.1, 0.15) is 10.4 Å². The lowest BCUT2D eigenvalue weighted by molar-refractivity contribution is 0.0958. The van der Waals surface area contributed by atoms with Gasteiger partial charge in [0, 0.05) is 24.6 Å². The van der Waals surface area contributed by atoms with E-state index in [4.69, 9.17) is 5.73 Å². The molecule has 4 heteroatoms. The van der Waals surface area contributed by atoms with Crippen LogP contribution in [0, 0.1) is 0 Å². The molecule has 1 amide bonds. The molecule has 1 rings (SSSR count). The third-order valence-electron chi connectivity index (χ3n) is 1.51. The van der Waals surface area contributed by atoms with Crippen LogP contribution >= 0.6 is 0 Å². The number of rotatable bonds is 3. The van der Waals surface area contributed by atoms with Crippen molar-refractivity contribution in [2.45, 2.75) is 0 Å². The van der Waals surface area contributed by atoms with Crippen LogP contribution in [-0.2, 0) is 0 Å². The van der Waals surface area contributed by atoms with E-state index in [0.717, 1.165) is 0 Å². The molecule has 4 nitrogen and oxygen atoms in total. The van der Waals surface area contributed by atoms with Crippen LogP contribution < -0.4 is 11.1 Å². The standard InChI is InChI=1S/C9H11N3O/c1-2-4-12-9(13)7-6-11-5-3-8(7)10/h2-3,5-6H,1,4H2,(H2,10,11)(H,12,13). The summed E-state index contributed by atoms with van der Waals surface area (Å²) >= 11 is 0. The van der Waals surface area contributed by atoms with Gasteiger partial charge in [-0.25, -0.2) is 0 Å². The summed E-state index contributed by atoms with van der Waals surface area (Å²) in [4.78, 5) is 15.2. The molecule has 0 aliphatic carbocycles. The molecule has 1 aromatic heterocycles. The molecule has 0 saturated carbocycles. The summed E-state index contributed by atoms with van der Waals surface area (Å²) in [5.74, 6) is -0.231. The summed E-state index contributed by atoms with van der Waals surface area (Å²) in [6.07, 6.45) is 4.58. The van der Waals surface area contributed by atoms with Gasteiger partial charge in [-0.2, -0.15) is 0 Å². The van der Waals surface area contributed by atoms with E-state index in [1.807, 2.05) is 0 Å². The van der Waals surface area contributed by atoms with Gasteiger partial charge in [0.05, 0.1) is 5.56 Å². The molecule has 0 saturated heterocycles. The maximum atomic E-state index is 11.3. The molecule has 0 fully saturated rings. The van der Waals surface area contributed by atoms with Gasteiger partial charge in [0.2, 0.25) is 0 Å². The van der Waals surface area contributed by atoms with Crippen LogP contribution in [-0.4, -0.2) is 17.4 Å². The van der Waals surface area contributed by atoms with E-state index in [1.54, 1.807) is 18.3 Å². The van der Waals surface area contributed by atoms with Crippen LogP contribution in [0.2, 0.25) is 0 Å². The molecule has 0 aliphatic heterocycles. The fraction of sp³-hybridized carbons (Fsp3) is 0.111. The molecule has 0 atom stereocenters. The predicted octanol–water partition coefficient (Wildman–Crippen LogP) is 0.580. The van der Waals surface area contributed by atoms with E-state index in [-0.39, 0.29) is 5.91 Å². The summed E-state index contributed by atoms with van der Waals surface area (Å²) in [5, 5.41) is 2.61. The maximum absolute atomic E-state index is 11.3. The van der Waals surface area contributed by atoms with Crippen molar-refractivity contribution in [3.05, 3.63) is 36.7 Å². The Morgan fingerprint density at radius 1 is 1.77 bits per heavy atom. The second-order valence-corrected chi connectivity index (χ2v) is 2.46. The SMILES string of the molecule is C=CCNC(=O)c1cnccc1N. The van der Waals surface area contributed by atoms with Crippen molar-refractivity contribution in [2.75, 3.05) is 12.3 Å². The normalized spacial score (nSPS) is 9.23. The molecule has 0 radical (unpaired) electrons. The lowest BCUT2D eigenvalue weighted by atomic mass is 10.2. The second-order valence-electron chi connectivity index (χ2n) is 2.46. The maximum Gasteiger partial charge on any atom is 0.255 e. The molecular weight excluding hydrogens is 166 g/mol. The van der Waals surface area contributed by atoms with Crippen LogP contribution in [0.3, 0.4) is 0 Å². The quantitative estimate of drug-likeness (QED) is 0.663. The smallest absolute Gasteiger partial charge is 0.255 e. The number of nitrogen functional groups attached to an aromatic ring is 1. The Kier molecular flexibility index (Phi) is 3.03. The third kappa shape index (κ3) is 2.30. The van der Waals surface area contributed by atoms with Crippen LogP contribution in [0.4, 0.5) is 5.69 Å². The van der Waals surface area contributed by atoms with E-state index in [1.165, 1.54) is 6.20 Å². The summed E-state index contributed by atoms with van der Waals surface area (Å²) in [6, 6.07) is 1.59. The minimum Gasteiger partial charge on any atom is -0.398 e. The Hall–Kier alpha value is -1.84. The van der Waals surface area contributed by atoms with E-state index in [0.29, 0.717) is 17.8 Å². The molecule has 3 N–H and O–H groups in total. The van der Waals surface area contributed by atoms with E-state index >= 15 is 0 Å². The molecule has 13 heavy (non-hydrogen) atoms. The van der Waals surface area contributed by atoms with Gasteiger partial charge in [0.1, 0.15) is 0 Å². The molecule has 68 valence electrons. The van der Waals surface area contributed by atoms with Gasteiger partial charge >= 0.3 is 0 Å². The molecular formula is C9H11N3O. The molecule has 0 bridgehead atoms. The largest absolute Gasteiger partial charge is 0.398 e. The first-order valence-electron chi connectivity index (χ1n) is 3.84. The highest BCUT2D eigenvalue weighted by atomic mass is 16.1. The number of hydrogen-bond donors (Lipinski definition) is 2. The summed E-state index contributed by atoms with van der Waals surface area (Å²) in [7, 11) is 0. The molecule has 0 aromatic carbocycles. The molecule has 0 spiro atoms. The van der Waals surface area contributed by atoms with Crippen molar-refractivity contribution in [3.8, 4) is 0 Å². The van der Waals surface area contributed by atoms with Gasteiger partial charge in [-0.1, -0.05) is 6.08 Å². The minimum absolute atomic E-state index is 0.231. The Bertz CT molecular complexity index is 322. The van der Waals surface area contributed by atoms with Gasteiger partial charge in [0.15, 0.2) is 0 Å². The Morgan fingerprint density at radius 2 is 2.54 bits per heavy atom. The number of nitrogens with two attached hydrogens (primary N) is 1. The van der Waals surface area contributed by atoms with Crippen molar-refractivity contribution in [3.63, 3.8) is 0 Å². The van der Waals surface area contributed by atoms with Crippen LogP contribution in [0.25, 0.3) is 0 Å². The Morgan fingerprint density at radius 3 is 3.15 bits per heavy atom. The fourth-order valence-electron chi connectivity index (χ4n) is 0.855. The van der Waals surface area contributed by atoms with Crippen LogP contribution in [0.5, 0.6) is 0 Å². The predicted molar refractivity (Wildman–Crippen MR) is 51.2 cm³/mol. The molecule has 1 aromatic rings. The number of anilines is 1. The zero-order chi connectivity index (χ0) is 9.68. The highest BCUT2D eigenvalue weighted by Gasteiger charge is 2.07. The number of hydrogen-bond acceptors (Lipinski definition) is 3. The Balaban J connectivity index is 2.76. The molecule has 1 heterocycles. The topological polar surface area (TPSA) is 68.0 Å². The number of aromatic nitrogens is 1. The number of nitrogens with one attached hydrogen (secondary N) is 1. The van der Waals surface area contributed by atoms with Crippen molar-refractivity contribution >= 4 is 11.6 Å². The van der Waals surface area contributed by atoms with Gasteiger partial charge in [-0.05, 0) is 6.07 Å². The minimum atomic E-state index is -0.231. The van der Waals surface area contributed by atoms with Gasteiger partial charge in [-0.3, -0.25) is 9.78 Å². The number of carbonyl (C=O) groups excluding carboxylic acids is 1. The molecule has 0 aliphatic rings. The van der Waals surface area contributed by atoms with Crippen molar-refractivity contribution in [1.82, 2.24) is 10.3 Å². The number of amides is 1. The fourth-order valence-corrected chi connectivity index (χ4v) is 0.855. The summed E-state index contributed by atoms with van der Waals surface area (Å²) in [6.45, 7) is 3.91. The lowest BCUT2D eigenvalue weighted by Gasteiger charge is -2.03. The van der Waals surface area contributed by atoms with Crippen LogP contribution in [0.15, 0.2) is 31.1 Å². The Labute approximate surface area is 76.5 Å². The number of pyridine rings is 1. The first kappa shape index (κ1) is 9.25. The first-order valence-corrected chi connectivity index (χ1v) is 3.84. The van der Waals surface area contributed by atoms with Crippen molar-refractivity contribution in [2.24, 2.45) is 0 Å². The van der Waals surface area contributed by atoms with Gasteiger partial charge < -0.3 is 11.1 Å². The zero-order valence-electron chi connectivity index (χ0n) is 7.16. The third-order valence-corrected chi connectivity index (χ3v) is 1.51. The highest BCUT2D eigenvalue weighted by molar-refractivity contribution is 5.98.